The van der Waals surface area contributed by atoms with Gasteiger partial charge in [-0.25, -0.2) is 0 Å². The summed E-state index contributed by atoms with van der Waals surface area (Å²) in [6.45, 7) is 6.24. The Labute approximate surface area is 188 Å². The van der Waals surface area contributed by atoms with E-state index in [0.29, 0.717) is 5.76 Å². The lowest BCUT2D eigenvalue weighted by Crippen LogP contribution is -2.45. The van der Waals surface area contributed by atoms with Crippen molar-refractivity contribution in [3.63, 3.8) is 0 Å². The van der Waals surface area contributed by atoms with Crippen LogP contribution in [0.25, 0.3) is 0 Å². The number of allylic oxidation sites excluding steroid dienone is 10. The summed E-state index contributed by atoms with van der Waals surface area (Å²) in [5, 5.41) is 40.9. The third kappa shape index (κ3) is 2.80. The molecule has 3 aliphatic carbocycles. The van der Waals surface area contributed by atoms with E-state index < -0.39 is 16.2 Å². The summed E-state index contributed by atoms with van der Waals surface area (Å²) >= 11 is 0. The third-order valence-corrected chi connectivity index (χ3v) is 6.88. The van der Waals surface area contributed by atoms with Crippen molar-refractivity contribution in [3.05, 3.63) is 82.4 Å². The van der Waals surface area contributed by atoms with E-state index in [0.717, 1.165) is 27.9 Å². The first-order valence-corrected chi connectivity index (χ1v) is 10.5. The van der Waals surface area contributed by atoms with E-state index in [1.165, 1.54) is 0 Å². The summed E-state index contributed by atoms with van der Waals surface area (Å²) < 4.78 is 5.80. The zero-order valence-corrected chi connectivity index (χ0v) is 18.3. The van der Waals surface area contributed by atoms with E-state index in [2.05, 4.69) is 50.3 Å². The molecule has 0 spiro atoms. The SMILES string of the molecule is CC1=CC2(c3ccco3)C=C3C(=CC=C(C(C)C)C=C13)CC(C#N)(C#N)C(C#N)(C#N)C2. The number of fused-ring (bicyclic) bond motifs is 1. The van der Waals surface area contributed by atoms with Gasteiger partial charge in [-0.2, -0.15) is 21.0 Å². The van der Waals surface area contributed by atoms with Gasteiger partial charge in [0.15, 0.2) is 10.8 Å². The van der Waals surface area contributed by atoms with Crippen LogP contribution in [0, 0.1) is 62.1 Å². The van der Waals surface area contributed by atoms with Gasteiger partial charge < -0.3 is 4.42 Å². The minimum absolute atomic E-state index is 0.00627. The summed E-state index contributed by atoms with van der Waals surface area (Å²) in [6, 6.07) is 11.9. The molecule has 3 aliphatic rings. The van der Waals surface area contributed by atoms with E-state index in [-0.39, 0.29) is 18.8 Å². The van der Waals surface area contributed by atoms with E-state index >= 15 is 0 Å². The Kier molecular flexibility index (Phi) is 4.81. The zero-order chi connectivity index (χ0) is 23.1. The summed E-state index contributed by atoms with van der Waals surface area (Å²) in [5.74, 6) is 0.855. The normalized spacial score (nSPS) is 24.9. The standard InChI is InChI=1S/C27H22N4O/c1-18(2)20-6-7-21-11-26(14-28,15-29)27(16-30,17-31)13-25(24-5-4-8-32-24)10-19(3)22(9-20)23(21)12-25/h4-10,12,18H,11,13H2,1-3H3. The Bertz CT molecular complexity index is 1280. The van der Waals surface area contributed by atoms with Crippen LogP contribution in [0.1, 0.15) is 39.4 Å². The number of rotatable bonds is 2. The van der Waals surface area contributed by atoms with Crippen LogP contribution in [0.2, 0.25) is 0 Å². The lowest BCUT2D eigenvalue weighted by atomic mass is 9.53. The van der Waals surface area contributed by atoms with Crippen LogP contribution < -0.4 is 0 Å². The fourth-order valence-corrected chi connectivity index (χ4v) is 5.02. The van der Waals surface area contributed by atoms with Crippen molar-refractivity contribution in [2.75, 3.05) is 0 Å². The molecule has 0 saturated heterocycles. The Morgan fingerprint density at radius 1 is 0.938 bits per heavy atom. The molecule has 0 saturated carbocycles. The molecule has 0 aliphatic heterocycles. The molecule has 0 radical (unpaired) electrons. The highest BCUT2D eigenvalue weighted by Crippen LogP contribution is 2.57. The first-order valence-electron chi connectivity index (χ1n) is 10.5. The van der Waals surface area contributed by atoms with Crippen molar-refractivity contribution in [3.8, 4) is 24.3 Å². The van der Waals surface area contributed by atoms with Crippen molar-refractivity contribution >= 4 is 0 Å². The van der Waals surface area contributed by atoms with E-state index in [9.17, 15) is 21.0 Å². The molecule has 1 heterocycles. The van der Waals surface area contributed by atoms with Crippen LogP contribution in [0.4, 0.5) is 0 Å². The van der Waals surface area contributed by atoms with Crippen molar-refractivity contribution < 1.29 is 4.42 Å². The van der Waals surface area contributed by atoms with Gasteiger partial charge in [-0.15, -0.1) is 0 Å². The van der Waals surface area contributed by atoms with Crippen molar-refractivity contribution in [2.45, 2.75) is 39.0 Å². The van der Waals surface area contributed by atoms with Crippen LogP contribution >= 0.6 is 0 Å². The summed E-state index contributed by atoms with van der Waals surface area (Å²) in [6.07, 6.45) is 11.7. The fourth-order valence-electron chi connectivity index (χ4n) is 5.02. The number of nitriles is 4. The van der Waals surface area contributed by atoms with Gasteiger partial charge in [0.05, 0.1) is 36.0 Å². The van der Waals surface area contributed by atoms with Crippen LogP contribution in [0.3, 0.4) is 0 Å². The Balaban J connectivity index is 2.14. The van der Waals surface area contributed by atoms with Gasteiger partial charge in [0.2, 0.25) is 0 Å². The lowest BCUT2D eigenvalue weighted by Gasteiger charge is -2.43. The molecule has 5 heteroatoms. The van der Waals surface area contributed by atoms with Crippen LogP contribution in [0.15, 0.2) is 81.1 Å². The van der Waals surface area contributed by atoms with Gasteiger partial charge >= 0.3 is 0 Å². The molecule has 1 aromatic rings. The quantitative estimate of drug-likeness (QED) is 0.611. The molecular weight excluding hydrogens is 396 g/mol. The highest BCUT2D eigenvalue weighted by Gasteiger charge is 2.60. The highest BCUT2D eigenvalue weighted by molar-refractivity contribution is 5.67. The number of hydrogen-bond donors (Lipinski definition) is 0. The topological polar surface area (TPSA) is 108 Å². The van der Waals surface area contributed by atoms with Crippen LogP contribution in [0.5, 0.6) is 0 Å². The smallest absolute Gasteiger partial charge is 0.179 e. The number of hydrogen-bond acceptors (Lipinski definition) is 5. The van der Waals surface area contributed by atoms with Gasteiger partial charge in [0.1, 0.15) is 5.76 Å². The predicted octanol–water partition coefficient (Wildman–Crippen LogP) is 5.71. The van der Waals surface area contributed by atoms with Crippen molar-refractivity contribution in [2.24, 2.45) is 16.7 Å². The molecule has 0 amide bonds. The summed E-state index contributed by atoms with van der Waals surface area (Å²) in [4.78, 5) is 0. The first kappa shape index (κ1) is 21.2. The minimum Gasteiger partial charge on any atom is -0.468 e. The molecule has 1 unspecified atom stereocenters. The van der Waals surface area contributed by atoms with E-state index in [1.54, 1.807) is 12.3 Å². The lowest BCUT2D eigenvalue weighted by molar-refractivity contribution is 0.230. The second-order valence-corrected chi connectivity index (χ2v) is 9.09. The first-order chi connectivity index (χ1) is 15.3. The number of furan rings is 1. The van der Waals surface area contributed by atoms with Gasteiger partial charge in [-0.3, -0.25) is 0 Å². The molecule has 0 fully saturated rings. The molecule has 5 nitrogen and oxygen atoms in total. The highest BCUT2D eigenvalue weighted by atomic mass is 16.3. The Morgan fingerprint density at radius 2 is 1.62 bits per heavy atom. The van der Waals surface area contributed by atoms with Gasteiger partial charge in [-0.05, 0) is 52.8 Å². The van der Waals surface area contributed by atoms with Gasteiger partial charge in [-0.1, -0.05) is 44.2 Å². The van der Waals surface area contributed by atoms with E-state index in [1.807, 2.05) is 31.2 Å². The molecule has 32 heavy (non-hydrogen) atoms. The minimum atomic E-state index is -1.86. The molecule has 1 atom stereocenters. The zero-order valence-electron chi connectivity index (χ0n) is 18.3. The second kappa shape index (κ2) is 7.27. The van der Waals surface area contributed by atoms with Crippen LogP contribution in [-0.4, -0.2) is 0 Å². The second-order valence-electron chi connectivity index (χ2n) is 9.09. The maximum Gasteiger partial charge on any atom is 0.179 e. The average Bonchev–Trinajstić information content (AvgIpc) is 3.27. The average molecular weight is 419 g/mol. The Morgan fingerprint density at radius 3 is 2.19 bits per heavy atom. The molecule has 0 N–H and O–H groups in total. The molecule has 0 aromatic carbocycles. The predicted molar refractivity (Wildman–Crippen MR) is 118 cm³/mol. The summed E-state index contributed by atoms with van der Waals surface area (Å²) in [7, 11) is 0. The maximum absolute atomic E-state index is 10.2. The molecule has 2 bridgehead atoms. The number of nitrogens with zero attached hydrogens (tertiary/aromatic N) is 4. The molecule has 4 rings (SSSR count). The van der Waals surface area contributed by atoms with Crippen molar-refractivity contribution in [1.82, 2.24) is 0 Å². The largest absolute Gasteiger partial charge is 0.468 e. The van der Waals surface area contributed by atoms with E-state index in [4.69, 9.17) is 4.42 Å². The van der Waals surface area contributed by atoms with Gasteiger partial charge in [0.25, 0.3) is 0 Å². The fraction of sp³-hybridized carbons (Fsp3) is 0.333. The maximum atomic E-state index is 10.2. The molecular formula is C27H22N4O. The van der Waals surface area contributed by atoms with Crippen molar-refractivity contribution in [1.29, 1.82) is 21.0 Å². The Hall–Kier alpha value is -4.06. The molecule has 156 valence electrons. The van der Waals surface area contributed by atoms with Gasteiger partial charge in [0, 0.05) is 12.8 Å². The molecule has 1 aromatic heterocycles. The summed E-state index contributed by atoms with van der Waals surface area (Å²) in [5.41, 5.74) is 0.227. The third-order valence-electron chi connectivity index (χ3n) is 6.88. The van der Waals surface area contributed by atoms with Crippen LogP contribution in [-0.2, 0) is 5.41 Å². The monoisotopic (exact) mass is 418 g/mol.